The summed E-state index contributed by atoms with van der Waals surface area (Å²) in [4.78, 5) is 2.02. The second-order valence-corrected chi connectivity index (χ2v) is 4.54. The molecule has 1 heterocycles. The molecule has 2 N–H and O–H groups in total. The van der Waals surface area contributed by atoms with E-state index in [9.17, 15) is 0 Å². The van der Waals surface area contributed by atoms with E-state index in [1.807, 2.05) is 13.8 Å². The fourth-order valence-electron chi connectivity index (χ4n) is 0.969. The van der Waals surface area contributed by atoms with Crippen LogP contribution in [-0.2, 0) is 0 Å². The van der Waals surface area contributed by atoms with Crippen LogP contribution in [0.3, 0.4) is 0 Å². The highest BCUT2D eigenvalue weighted by molar-refractivity contribution is 9.10. The Morgan fingerprint density at radius 1 is 1.27 bits per heavy atom. The largest absolute Gasteiger partial charge is 0.490 e. The second-order valence-electron chi connectivity index (χ2n) is 2.32. The first-order chi connectivity index (χ1) is 5.04. The van der Waals surface area contributed by atoms with Crippen LogP contribution in [0.4, 0.5) is 0 Å². The van der Waals surface area contributed by atoms with Gasteiger partial charge in [0.1, 0.15) is 0 Å². The van der Waals surface area contributed by atoms with Gasteiger partial charge in [-0.3, -0.25) is 0 Å². The average Bonchev–Trinajstić information content (AvgIpc) is 2.07. The SMILES string of the molecule is Cc1sc(C)c(B(O)O)c1Br. The van der Waals surface area contributed by atoms with E-state index in [4.69, 9.17) is 10.0 Å². The zero-order valence-corrected chi connectivity index (χ0v) is 8.66. The normalized spacial score (nSPS) is 10.3. The lowest BCUT2D eigenvalue weighted by molar-refractivity contribution is 0.425. The van der Waals surface area contributed by atoms with E-state index >= 15 is 0 Å². The summed E-state index contributed by atoms with van der Waals surface area (Å²) in [6.45, 7) is 3.81. The molecule has 2 nitrogen and oxygen atoms in total. The number of halogens is 1. The molecular formula is C6H8BBrO2S. The van der Waals surface area contributed by atoms with Crippen molar-refractivity contribution in [3.8, 4) is 0 Å². The Balaban J connectivity index is 3.22. The molecule has 0 saturated carbocycles. The quantitative estimate of drug-likeness (QED) is 0.707. The van der Waals surface area contributed by atoms with E-state index in [1.165, 1.54) is 0 Å². The lowest BCUT2D eigenvalue weighted by atomic mass is 9.80. The standard InChI is InChI=1S/C6H8BBrO2S/c1-3-5(7(9)10)6(8)4(2)11-3/h9-10H,1-2H3. The number of aryl methyl sites for hydroxylation is 2. The van der Waals surface area contributed by atoms with Gasteiger partial charge in [-0.2, -0.15) is 0 Å². The van der Waals surface area contributed by atoms with E-state index in [0.29, 0.717) is 5.46 Å². The van der Waals surface area contributed by atoms with Gasteiger partial charge in [-0.05, 0) is 13.8 Å². The Labute approximate surface area is 78.2 Å². The molecule has 0 radical (unpaired) electrons. The molecule has 0 aliphatic carbocycles. The van der Waals surface area contributed by atoms with Crippen LogP contribution in [0.2, 0.25) is 0 Å². The summed E-state index contributed by atoms with van der Waals surface area (Å²) in [7, 11) is -1.37. The Kier molecular flexibility index (Phi) is 2.75. The molecule has 60 valence electrons. The van der Waals surface area contributed by atoms with Crippen LogP contribution in [0.15, 0.2) is 4.47 Å². The van der Waals surface area contributed by atoms with Gasteiger partial charge in [-0.1, -0.05) is 15.9 Å². The molecule has 5 heteroatoms. The van der Waals surface area contributed by atoms with Crippen molar-refractivity contribution < 1.29 is 10.0 Å². The molecule has 0 fully saturated rings. The van der Waals surface area contributed by atoms with E-state index in [0.717, 1.165) is 14.2 Å². The zero-order chi connectivity index (χ0) is 8.59. The van der Waals surface area contributed by atoms with Crippen molar-refractivity contribution in [1.29, 1.82) is 0 Å². The summed E-state index contributed by atoms with van der Waals surface area (Å²) in [6, 6.07) is 0. The van der Waals surface area contributed by atoms with Gasteiger partial charge in [0, 0.05) is 19.7 Å². The first-order valence-corrected chi connectivity index (χ1v) is 4.76. The first kappa shape index (κ1) is 9.25. The van der Waals surface area contributed by atoms with E-state index in [1.54, 1.807) is 11.3 Å². The van der Waals surface area contributed by atoms with Gasteiger partial charge in [-0.15, -0.1) is 11.3 Å². The summed E-state index contributed by atoms with van der Waals surface area (Å²) in [5.41, 5.74) is 0.590. The number of thiophene rings is 1. The Morgan fingerprint density at radius 3 is 2.00 bits per heavy atom. The zero-order valence-electron chi connectivity index (χ0n) is 6.26. The van der Waals surface area contributed by atoms with Crippen LogP contribution in [0.1, 0.15) is 9.75 Å². The van der Waals surface area contributed by atoms with Gasteiger partial charge in [0.15, 0.2) is 0 Å². The van der Waals surface area contributed by atoms with Crippen LogP contribution >= 0.6 is 27.3 Å². The van der Waals surface area contributed by atoms with Crippen LogP contribution in [0, 0.1) is 13.8 Å². The van der Waals surface area contributed by atoms with Gasteiger partial charge in [-0.25, -0.2) is 0 Å². The molecule has 0 aliphatic heterocycles. The van der Waals surface area contributed by atoms with Crippen molar-refractivity contribution >= 4 is 39.8 Å². The lowest BCUT2D eigenvalue weighted by Gasteiger charge is -1.97. The molecule has 0 amide bonds. The van der Waals surface area contributed by atoms with E-state index in [-0.39, 0.29) is 0 Å². The fourth-order valence-corrected chi connectivity index (χ4v) is 2.82. The average molecular weight is 235 g/mol. The molecule has 0 aliphatic rings. The summed E-state index contributed by atoms with van der Waals surface area (Å²) in [5.74, 6) is 0. The topological polar surface area (TPSA) is 40.5 Å². The highest BCUT2D eigenvalue weighted by Gasteiger charge is 2.21. The van der Waals surface area contributed by atoms with E-state index in [2.05, 4.69) is 15.9 Å². The molecule has 0 saturated heterocycles. The summed E-state index contributed by atoms with van der Waals surface area (Å²) < 4.78 is 0.815. The lowest BCUT2D eigenvalue weighted by Crippen LogP contribution is -2.31. The predicted octanol–water partition coefficient (Wildman–Crippen LogP) is 0.807. The van der Waals surface area contributed by atoms with Crippen LogP contribution in [-0.4, -0.2) is 17.2 Å². The molecule has 0 unspecified atom stereocenters. The van der Waals surface area contributed by atoms with Crippen molar-refractivity contribution in [3.05, 3.63) is 14.2 Å². The summed E-state index contributed by atoms with van der Waals surface area (Å²) >= 11 is 4.85. The van der Waals surface area contributed by atoms with Crippen molar-refractivity contribution in [3.63, 3.8) is 0 Å². The number of hydrogen-bond donors (Lipinski definition) is 2. The molecule has 0 aromatic carbocycles. The molecule has 0 spiro atoms. The van der Waals surface area contributed by atoms with Crippen LogP contribution < -0.4 is 5.46 Å². The van der Waals surface area contributed by atoms with Gasteiger partial charge in [0.05, 0.1) is 0 Å². The minimum absolute atomic E-state index is 0.590. The summed E-state index contributed by atoms with van der Waals surface area (Å²) in [6.07, 6.45) is 0. The summed E-state index contributed by atoms with van der Waals surface area (Å²) in [5, 5.41) is 17.9. The van der Waals surface area contributed by atoms with Crippen molar-refractivity contribution in [2.45, 2.75) is 13.8 Å². The van der Waals surface area contributed by atoms with E-state index < -0.39 is 7.12 Å². The maximum Gasteiger partial charge on any atom is 0.490 e. The number of rotatable bonds is 1. The fraction of sp³-hybridized carbons (Fsp3) is 0.333. The maximum atomic E-state index is 8.93. The maximum absolute atomic E-state index is 8.93. The minimum Gasteiger partial charge on any atom is -0.423 e. The van der Waals surface area contributed by atoms with Gasteiger partial charge in [0.2, 0.25) is 0 Å². The molecule has 1 aromatic rings. The predicted molar refractivity (Wildman–Crippen MR) is 51.3 cm³/mol. The van der Waals surface area contributed by atoms with Crippen molar-refractivity contribution in [1.82, 2.24) is 0 Å². The van der Waals surface area contributed by atoms with Crippen molar-refractivity contribution in [2.24, 2.45) is 0 Å². The Hall–Kier alpha value is 0.165. The smallest absolute Gasteiger partial charge is 0.423 e. The third kappa shape index (κ3) is 1.67. The van der Waals surface area contributed by atoms with Crippen molar-refractivity contribution in [2.75, 3.05) is 0 Å². The Bertz CT molecular complexity index is 272. The van der Waals surface area contributed by atoms with Gasteiger partial charge in [0.25, 0.3) is 0 Å². The molecule has 0 atom stereocenters. The third-order valence-corrected chi connectivity index (χ3v) is 3.81. The molecule has 1 rings (SSSR count). The highest BCUT2D eigenvalue weighted by atomic mass is 79.9. The van der Waals surface area contributed by atoms with Gasteiger partial charge >= 0.3 is 7.12 Å². The molecule has 1 aromatic heterocycles. The molecule has 11 heavy (non-hydrogen) atoms. The van der Waals surface area contributed by atoms with Crippen LogP contribution in [0.5, 0.6) is 0 Å². The molecule has 0 bridgehead atoms. The second kappa shape index (κ2) is 3.27. The third-order valence-electron chi connectivity index (χ3n) is 1.49. The molecular weight excluding hydrogens is 227 g/mol. The first-order valence-electron chi connectivity index (χ1n) is 3.15. The monoisotopic (exact) mass is 234 g/mol. The highest BCUT2D eigenvalue weighted by Crippen LogP contribution is 2.23. The van der Waals surface area contributed by atoms with Crippen LogP contribution in [0.25, 0.3) is 0 Å². The Morgan fingerprint density at radius 2 is 1.82 bits per heavy atom. The van der Waals surface area contributed by atoms with Gasteiger partial charge < -0.3 is 10.0 Å². The minimum atomic E-state index is -1.37. The number of hydrogen-bond acceptors (Lipinski definition) is 3.